The molecule has 0 saturated carbocycles. The molecule has 2 aromatic rings. The topological polar surface area (TPSA) is 70.6 Å². The number of amides is 2. The second-order valence-electron chi connectivity index (χ2n) is 5.79. The van der Waals surface area contributed by atoms with Gasteiger partial charge in [0.25, 0.3) is 0 Å². The highest BCUT2D eigenvalue weighted by atomic mass is 35.5. The lowest BCUT2D eigenvalue weighted by molar-refractivity contribution is 0.0000631. The van der Waals surface area contributed by atoms with E-state index in [4.69, 9.17) is 16.3 Å². The van der Waals surface area contributed by atoms with Crippen molar-refractivity contribution < 1.29 is 14.6 Å². The number of carbonyl (C=O) groups is 1. The first-order valence-electron chi connectivity index (χ1n) is 7.78. The SMILES string of the molecule is O=C(NCc1ccc(Cl)cc1)NC[C@]1(O)CCOc2ccccc21. The number of hydrogen-bond acceptors (Lipinski definition) is 3. The molecule has 0 aromatic heterocycles. The Morgan fingerprint density at radius 3 is 2.71 bits per heavy atom. The molecule has 6 heteroatoms. The van der Waals surface area contributed by atoms with Gasteiger partial charge in [0.15, 0.2) is 0 Å². The summed E-state index contributed by atoms with van der Waals surface area (Å²) >= 11 is 5.83. The van der Waals surface area contributed by atoms with Crippen LogP contribution in [0, 0.1) is 0 Å². The van der Waals surface area contributed by atoms with Crippen molar-refractivity contribution in [1.82, 2.24) is 10.6 Å². The number of nitrogens with one attached hydrogen (secondary N) is 2. The minimum Gasteiger partial charge on any atom is -0.493 e. The zero-order valence-corrected chi connectivity index (χ0v) is 13.8. The van der Waals surface area contributed by atoms with E-state index in [1.165, 1.54) is 0 Å². The molecule has 5 nitrogen and oxygen atoms in total. The third-order valence-electron chi connectivity index (χ3n) is 4.07. The van der Waals surface area contributed by atoms with Gasteiger partial charge in [-0.25, -0.2) is 4.79 Å². The standard InChI is InChI=1S/C18H19ClN2O3/c19-14-7-5-13(6-8-14)11-20-17(22)21-12-18(23)9-10-24-16-4-2-1-3-15(16)18/h1-8,23H,9-12H2,(H2,20,21,22)/t18-/m1/s1. The van der Waals surface area contributed by atoms with Crippen LogP contribution in [0.3, 0.4) is 0 Å². The van der Waals surface area contributed by atoms with E-state index in [-0.39, 0.29) is 12.6 Å². The highest BCUT2D eigenvalue weighted by molar-refractivity contribution is 6.30. The number of fused-ring (bicyclic) bond motifs is 1. The van der Waals surface area contributed by atoms with E-state index in [9.17, 15) is 9.90 Å². The van der Waals surface area contributed by atoms with E-state index in [0.717, 1.165) is 5.56 Å². The van der Waals surface area contributed by atoms with Gasteiger partial charge in [0.1, 0.15) is 11.4 Å². The Morgan fingerprint density at radius 2 is 1.92 bits per heavy atom. The van der Waals surface area contributed by atoms with Gasteiger partial charge in [-0.2, -0.15) is 0 Å². The maximum absolute atomic E-state index is 12.0. The Kier molecular flexibility index (Phi) is 4.92. The summed E-state index contributed by atoms with van der Waals surface area (Å²) in [6.07, 6.45) is 0.432. The molecule has 0 radical (unpaired) electrons. The molecule has 24 heavy (non-hydrogen) atoms. The van der Waals surface area contributed by atoms with Gasteiger partial charge >= 0.3 is 6.03 Å². The average Bonchev–Trinajstić information content (AvgIpc) is 2.60. The van der Waals surface area contributed by atoms with Crippen molar-refractivity contribution in [2.45, 2.75) is 18.6 Å². The zero-order chi connectivity index (χ0) is 17.0. The van der Waals surface area contributed by atoms with Crippen LogP contribution in [0.2, 0.25) is 5.02 Å². The van der Waals surface area contributed by atoms with Crippen molar-refractivity contribution in [1.29, 1.82) is 0 Å². The Balaban J connectivity index is 1.55. The second-order valence-corrected chi connectivity index (χ2v) is 6.23. The number of para-hydroxylation sites is 1. The van der Waals surface area contributed by atoms with E-state index >= 15 is 0 Å². The first-order chi connectivity index (χ1) is 11.6. The highest BCUT2D eigenvalue weighted by Gasteiger charge is 2.35. The van der Waals surface area contributed by atoms with Crippen molar-refractivity contribution in [2.75, 3.05) is 13.2 Å². The molecule has 126 valence electrons. The van der Waals surface area contributed by atoms with E-state index in [1.54, 1.807) is 12.1 Å². The summed E-state index contributed by atoms with van der Waals surface area (Å²) in [5.74, 6) is 0.662. The van der Waals surface area contributed by atoms with Gasteiger partial charge < -0.3 is 20.5 Å². The van der Waals surface area contributed by atoms with Gasteiger partial charge in [-0.1, -0.05) is 41.9 Å². The molecule has 3 rings (SSSR count). The van der Waals surface area contributed by atoms with Crippen LogP contribution in [0.1, 0.15) is 17.5 Å². The van der Waals surface area contributed by atoms with E-state index in [2.05, 4.69) is 10.6 Å². The van der Waals surface area contributed by atoms with Gasteiger partial charge in [-0.3, -0.25) is 0 Å². The van der Waals surface area contributed by atoms with Crippen molar-refractivity contribution >= 4 is 17.6 Å². The number of carbonyl (C=O) groups excluding carboxylic acids is 1. The molecule has 0 bridgehead atoms. The minimum absolute atomic E-state index is 0.125. The van der Waals surface area contributed by atoms with Gasteiger partial charge in [0.2, 0.25) is 0 Å². The summed E-state index contributed by atoms with van der Waals surface area (Å²) in [6.45, 7) is 0.933. The largest absolute Gasteiger partial charge is 0.493 e. The van der Waals surface area contributed by atoms with Crippen molar-refractivity contribution in [3.05, 3.63) is 64.7 Å². The summed E-state index contributed by atoms with van der Waals surface area (Å²) in [7, 11) is 0. The smallest absolute Gasteiger partial charge is 0.315 e. The Labute approximate surface area is 145 Å². The first kappa shape index (κ1) is 16.6. The minimum atomic E-state index is -1.12. The molecule has 1 atom stereocenters. The van der Waals surface area contributed by atoms with Gasteiger partial charge in [-0.15, -0.1) is 0 Å². The van der Waals surface area contributed by atoms with E-state index in [1.807, 2.05) is 36.4 Å². The highest BCUT2D eigenvalue weighted by Crippen LogP contribution is 2.36. The number of ether oxygens (including phenoxy) is 1. The fourth-order valence-corrected chi connectivity index (χ4v) is 2.82. The summed E-state index contributed by atoms with van der Waals surface area (Å²) in [5.41, 5.74) is 0.533. The third-order valence-corrected chi connectivity index (χ3v) is 4.32. The quantitative estimate of drug-likeness (QED) is 0.797. The number of urea groups is 1. The van der Waals surface area contributed by atoms with Crippen molar-refractivity contribution in [3.63, 3.8) is 0 Å². The van der Waals surface area contributed by atoms with Crippen LogP contribution in [-0.2, 0) is 12.1 Å². The van der Waals surface area contributed by atoms with E-state index in [0.29, 0.717) is 35.9 Å². The molecule has 1 aliphatic heterocycles. The molecule has 2 aromatic carbocycles. The second kappa shape index (κ2) is 7.11. The van der Waals surface area contributed by atoms with Crippen LogP contribution >= 0.6 is 11.6 Å². The average molecular weight is 347 g/mol. The van der Waals surface area contributed by atoms with E-state index < -0.39 is 5.60 Å². The molecular formula is C18H19ClN2O3. The van der Waals surface area contributed by atoms with Gasteiger partial charge in [0, 0.05) is 23.6 Å². The molecule has 0 spiro atoms. The predicted octanol–water partition coefficient (Wildman–Crippen LogP) is 2.81. The first-order valence-corrected chi connectivity index (χ1v) is 8.15. The maximum atomic E-state index is 12.0. The monoisotopic (exact) mass is 346 g/mol. The number of rotatable bonds is 4. The molecular weight excluding hydrogens is 328 g/mol. The Morgan fingerprint density at radius 1 is 1.17 bits per heavy atom. The molecule has 0 aliphatic carbocycles. The van der Waals surface area contributed by atoms with Crippen LogP contribution in [0.4, 0.5) is 4.79 Å². The lowest BCUT2D eigenvalue weighted by Crippen LogP contribution is -2.46. The molecule has 0 fully saturated rings. The normalized spacial score (nSPS) is 19.1. The lowest BCUT2D eigenvalue weighted by Gasteiger charge is -2.34. The number of benzene rings is 2. The zero-order valence-electron chi connectivity index (χ0n) is 13.1. The Hall–Kier alpha value is -2.24. The molecule has 0 saturated heterocycles. The third kappa shape index (κ3) is 3.80. The number of hydrogen-bond donors (Lipinski definition) is 3. The van der Waals surface area contributed by atoms with Crippen LogP contribution < -0.4 is 15.4 Å². The number of aliphatic hydroxyl groups is 1. The van der Waals surface area contributed by atoms with Gasteiger partial charge in [0.05, 0.1) is 13.2 Å². The van der Waals surface area contributed by atoms with Crippen LogP contribution in [0.5, 0.6) is 5.75 Å². The van der Waals surface area contributed by atoms with Crippen LogP contribution in [0.15, 0.2) is 48.5 Å². The Bertz CT molecular complexity index is 720. The van der Waals surface area contributed by atoms with Gasteiger partial charge in [-0.05, 0) is 23.8 Å². The van der Waals surface area contributed by atoms with Crippen molar-refractivity contribution in [3.8, 4) is 5.75 Å². The summed E-state index contributed by atoms with van der Waals surface area (Å²) in [6, 6.07) is 14.3. The molecule has 0 unspecified atom stereocenters. The van der Waals surface area contributed by atoms with Crippen LogP contribution in [-0.4, -0.2) is 24.3 Å². The molecule has 3 N–H and O–H groups in total. The lowest BCUT2D eigenvalue weighted by atomic mass is 9.88. The molecule has 1 heterocycles. The summed E-state index contributed by atoms with van der Waals surface area (Å²) < 4.78 is 5.54. The molecule has 1 aliphatic rings. The summed E-state index contributed by atoms with van der Waals surface area (Å²) in [5, 5.41) is 17.0. The fraction of sp³-hybridized carbons (Fsp3) is 0.278. The maximum Gasteiger partial charge on any atom is 0.315 e. The summed E-state index contributed by atoms with van der Waals surface area (Å²) in [4.78, 5) is 12.0. The number of halogens is 1. The van der Waals surface area contributed by atoms with Crippen molar-refractivity contribution in [2.24, 2.45) is 0 Å². The fourth-order valence-electron chi connectivity index (χ4n) is 2.70. The molecule has 2 amide bonds. The van der Waals surface area contributed by atoms with Crippen LogP contribution in [0.25, 0.3) is 0 Å². The predicted molar refractivity (Wildman–Crippen MR) is 92.1 cm³/mol.